The van der Waals surface area contributed by atoms with Crippen LogP contribution in [0.5, 0.6) is 0 Å². The van der Waals surface area contributed by atoms with Gasteiger partial charge in [-0.15, -0.1) is 0 Å². The molecule has 0 aromatic rings. The summed E-state index contributed by atoms with van der Waals surface area (Å²) in [6.45, 7) is 8.49. The predicted molar refractivity (Wildman–Crippen MR) is 71.4 cm³/mol. The van der Waals surface area contributed by atoms with Crippen LogP contribution in [0.2, 0.25) is 0 Å². The van der Waals surface area contributed by atoms with E-state index in [0.29, 0.717) is 11.8 Å². The van der Waals surface area contributed by atoms with Crippen LogP contribution in [0.1, 0.15) is 33.1 Å². The van der Waals surface area contributed by atoms with Gasteiger partial charge in [0.15, 0.2) is 0 Å². The molecular formula is C14H26N2O2. The Hall–Kier alpha value is -0.610. The van der Waals surface area contributed by atoms with Crippen molar-refractivity contribution in [2.75, 3.05) is 33.3 Å². The molecule has 2 rings (SSSR count). The average molecular weight is 254 g/mol. The van der Waals surface area contributed by atoms with Crippen molar-refractivity contribution >= 4 is 5.97 Å². The average Bonchev–Trinajstić information content (AvgIpc) is 2.56. The summed E-state index contributed by atoms with van der Waals surface area (Å²) in [5.74, 6) is 1.30. The van der Waals surface area contributed by atoms with Crippen LogP contribution in [0.3, 0.4) is 0 Å². The molecule has 4 heteroatoms. The fourth-order valence-electron chi connectivity index (χ4n) is 3.30. The number of rotatable bonds is 3. The Morgan fingerprint density at radius 3 is 2.67 bits per heavy atom. The first-order valence-electron chi connectivity index (χ1n) is 7.14. The van der Waals surface area contributed by atoms with E-state index in [1.165, 1.54) is 7.11 Å². The molecule has 1 saturated carbocycles. The lowest BCUT2D eigenvalue weighted by molar-refractivity contribution is -0.168. The van der Waals surface area contributed by atoms with Crippen molar-refractivity contribution in [3.63, 3.8) is 0 Å². The monoisotopic (exact) mass is 254 g/mol. The summed E-state index contributed by atoms with van der Waals surface area (Å²) >= 11 is 0. The van der Waals surface area contributed by atoms with E-state index in [1.54, 1.807) is 0 Å². The Kier molecular flexibility index (Phi) is 4.28. The maximum Gasteiger partial charge on any atom is 0.326 e. The maximum absolute atomic E-state index is 12.2. The quantitative estimate of drug-likeness (QED) is 0.770. The van der Waals surface area contributed by atoms with Crippen molar-refractivity contribution in [1.29, 1.82) is 0 Å². The Bertz CT molecular complexity index is 290. The normalized spacial score (nSPS) is 33.9. The minimum Gasteiger partial charge on any atom is -0.468 e. The molecule has 1 heterocycles. The van der Waals surface area contributed by atoms with E-state index in [1.807, 2.05) is 0 Å². The van der Waals surface area contributed by atoms with Gasteiger partial charge in [0.25, 0.3) is 0 Å². The van der Waals surface area contributed by atoms with Gasteiger partial charge in [-0.3, -0.25) is 9.69 Å². The van der Waals surface area contributed by atoms with Gasteiger partial charge in [-0.05, 0) is 37.6 Å². The number of carbonyl (C=O) groups excluding carboxylic acids is 1. The minimum absolute atomic E-state index is 0.0266. The summed E-state index contributed by atoms with van der Waals surface area (Å²) in [5.41, 5.74) is -0.324. The zero-order valence-electron chi connectivity index (χ0n) is 11.9. The highest BCUT2D eigenvalue weighted by molar-refractivity contribution is 5.82. The van der Waals surface area contributed by atoms with Crippen LogP contribution in [0.4, 0.5) is 0 Å². The van der Waals surface area contributed by atoms with Crippen LogP contribution in [0, 0.1) is 11.8 Å². The number of nitrogens with zero attached hydrogens (tertiary/aromatic N) is 1. The first kappa shape index (κ1) is 13.8. The highest BCUT2D eigenvalue weighted by atomic mass is 16.5. The van der Waals surface area contributed by atoms with Crippen molar-refractivity contribution < 1.29 is 9.53 Å². The summed E-state index contributed by atoms with van der Waals surface area (Å²) in [4.78, 5) is 14.6. The molecule has 0 unspecified atom stereocenters. The Labute approximate surface area is 110 Å². The van der Waals surface area contributed by atoms with Gasteiger partial charge in [0.2, 0.25) is 0 Å². The lowest BCUT2D eigenvalue weighted by atomic mass is 9.63. The van der Waals surface area contributed by atoms with Gasteiger partial charge in [0.1, 0.15) is 5.54 Å². The largest absolute Gasteiger partial charge is 0.468 e. The Balaban J connectivity index is 2.08. The second kappa shape index (κ2) is 5.57. The molecule has 0 atom stereocenters. The molecule has 1 aliphatic heterocycles. The zero-order valence-corrected chi connectivity index (χ0v) is 11.9. The Morgan fingerprint density at radius 1 is 1.33 bits per heavy atom. The van der Waals surface area contributed by atoms with E-state index in [9.17, 15) is 4.79 Å². The van der Waals surface area contributed by atoms with Crippen molar-refractivity contribution in [1.82, 2.24) is 10.2 Å². The predicted octanol–water partition coefficient (Wildman–Crippen LogP) is 1.26. The van der Waals surface area contributed by atoms with Crippen molar-refractivity contribution in [3.05, 3.63) is 0 Å². The molecule has 1 N–H and O–H groups in total. The molecule has 0 radical (unpaired) electrons. The molecule has 4 nitrogen and oxygen atoms in total. The van der Waals surface area contributed by atoms with Crippen LogP contribution in [-0.4, -0.2) is 49.7 Å². The number of ether oxygens (including phenoxy) is 1. The van der Waals surface area contributed by atoms with Gasteiger partial charge in [-0.25, -0.2) is 0 Å². The van der Waals surface area contributed by atoms with Crippen LogP contribution in [0.15, 0.2) is 0 Å². The molecule has 0 aromatic heterocycles. The SMILES string of the molecule is COC(=O)C1(N2CCCNCC2)CC(C(C)C)C1. The second-order valence-corrected chi connectivity index (χ2v) is 6.03. The fourth-order valence-corrected chi connectivity index (χ4v) is 3.30. The van der Waals surface area contributed by atoms with Gasteiger partial charge in [-0.1, -0.05) is 13.8 Å². The number of nitrogens with one attached hydrogen (secondary N) is 1. The number of esters is 1. The molecule has 0 spiro atoms. The molecular weight excluding hydrogens is 228 g/mol. The summed E-state index contributed by atoms with van der Waals surface area (Å²) in [5, 5.41) is 3.39. The molecule has 2 aliphatic rings. The van der Waals surface area contributed by atoms with Crippen molar-refractivity contribution in [2.24, 2.45) is 11.8 Å². The number of hydrogen-bond donors (Lipinski definition) is 1. The lowest BCUT2D eigenvalue weighted by Gasteiger charge is -2.53. The third kappa shape index (κ3) is 2.41. The molecule has 104 valence electrons. The van der Waals surface area contributed by atoms with Gasteiger partial charge in [0, 0.05) is 19.6 Å². The smallest absolute Gasteiger partial charge is 0.326 e. The van der Waals surface area contributed by atoms with E-state index < -0.39 is 0 Å². The van der Waals surface area contributed by atoms with Crippen LogP contribution >= 0.6 is 0 Å². The van der Waals surface area contributed by atoms with Crippen molar-refractivity contribution in [2.45, 2.75) is 38.6 Å². The van der Waals surface area contributed by atoms with E-state index in [-0.39, 0.29) is 11.5 Å². The van der Waals surface area contributed by atoms with Crippen LogP contribution < -0.4 is 5.32 Å². The highest BCUT2D eigenvalue weighted by Gasteiger charge is 2.55. The van der Waals surface area contributed by atoms with Crippen LogP contribution in [-0.2, 0) is 9.53 Å². The van der Waals surface area contributed by atoms with E-state index in [4.69, 9.17) is 4.74 Å². The summed E-state index contributed by atoms with van der Waals surface area (Å²) < 4.78 is 5.08. The van der Waals surface area contributed by atoms with Crippen LogP contribution in [0.25, 0.3) is 0 Å². The molecule has 2 fully saturated rings. The molecule has 1 aliphatic carbocycles. The Morgan fingerprint density at radius 2 is 2.06 bits per heavy atom. The summed E-state index contributed by atoms with van der Waals surface area (Å²) in [7, 11) is 1.52. The van der Waals surface area contributed by atoms with Crippen molar-refractivity contribution in [3.8, 4) is 0 Å². The van der Waals surface area contributed by atoms with E-state index >= 15 is 0 Å². The number of methoxy groups -OCH3 is 1. The molecule has 0 aromatic carbocycles. The van der Waals surface area contributed by atoms with Gasteiger partial charge in [-0.2, -0.15) is 0 Å². The minimum atomic E-state index is -0.324. The maximum atomic E-state index is 12.2. The molecule has 18 heavy (non-hydrogen) atoms. The second-order valence-electron chi connectivity index (χ2n) is 6.03. The van der Waals surface area contributed by atoms with Gasteiger partial charge in [0.05, 0.1) is 7.11 Å². The van der Waals surface area contributed by atoms with E-state index in [0.717, 1.165) is 45.4 Å². The standard InChI is InChI=1S/C14H26N2O2/c1-11(2)12-9-14(10-12,13(17)18-3)16-7-4-5-15-6-8-16/h11-12,15H,4-10H2,1-3H3. The fraction of sp³-hybridized carbons (Fsp3) is 0.929. The molecule has 1 saturated heterocycles. The zero-order chi connectivity index (χ0) is 13.2. The topological polar surface area (TPSA) is 41.6 Å². The third-order valence-corrected chi connectivity index (χ3v) is 4.65. The highest BCUT2D eigenvalue weighted by Crippen LogP contribution is 2.47. The third-order valence-electron chi connectivity index (χ3n) is 4.65. The first-order chi connectivity index (χ1) is 8.60. The lowest BCUT2D eigenvalue weighted by Crippen LogP contribution is -2.64. The molecule has 0 amide bonds. The van der Waals surface area contributed by atoms with Gasteiger partial charge >= 0.3 is 5.97 Å². The summed E-state index contributed by atoms with van der Waals surface area (Å²) in [6, 6.07) is 0. The first-order valence-corrected chi connectivity index (χ1v) is 7.14. The summed E-state index contributed by atoms with van der Waals surface area (Å²) in [6.07, 6.45) is 3.06. The van der Waals surface area contributed by atoms with Gasteiger partial charge < -0.3 is 10.1 Å². The molecule has 0 bridgehead atoms. The number of carbonyl (C=O) groups is 1. The number of hydrogen-bond acceptors (Lipinski definition) is 4. The van der Waals surface area contributed by atoms with E-state index in [2.05, 4.69) is 24.1 Å².